The number of hydrogen-bond acceptors (Lipinski definition) is 7. The van der Waals surface area contributed by atoms with E-state index in [4.69, 9.17) is 19.7 Å². The first-order valence-electron chi connectivity index (χ1n) is 13.7. The third kappa shape index (κ3) is 5.62. The Labute approximate surface area is 231 Å². The van der Waals surface area contributed by atoms with E-state index < -0.39 is 5.82 Å². The average molecular weight is 543 g/mol. The second-order valence-corrected chi connectivity index (χ2v) is 10.6. The van der Waals surface area contributed by atoms with Crippen LogP contribution in [0, 0.1) is 23.1 Å². The smallest absolute Gasteiger partial charge is 0.233 e. The molecular weight excluding hydrogens is 511 g/mol. The molecule has 4 heterocycles. The van der Waals surface area contributed by atoms with Crippen LogP contribution < -0.4 is 4.74 Å². The largest absolute Gasteiger partial charge is 0.472 e. The number of hydrogen-bond donors (Lipinski definition) is 0. The number of imidazole rings is 1. The van der Waals surface area contributed by atoms with Crippen molar-refractivity contribution in [3.05, 3.63) is 77.0 Å². The Kier molecular flexibility index (Phi) is 7.58. The molecule has 2 aromatic carbocycles. The standard InChI is InChI=1S/C30H31FN6O3/c31-26-13-21(15-32)1-3-24(26)20-40-30-7-11-37(34-30)25-5-9-35(10-6-25)17-29-33-27-4-2-22(18-38)14-28(27)36(29)16-23-8-12-39-19-23/h1-4,7,11,13-14,18,23,25H,5-6,8-10,12,16-17,19-20H2/t23-/m1/s1. The van der Waals surface area contributed by atoms with Crippen LogP contribution in [-0.4, -0.2) is 56.8 Å². The minimum absolute atomic E-state index is 0.0509. The number of piperidine rings is 1. The lowest BCUT2D eigenvalue weighted by Crippen LogP contribution is -2.35. The summed E-state index contributed by atoms with van der Waals surface area (Å²) in [6.45, 7) is 5.01. The van der Waals surface area contributed by atoms with Crippen molar-refractivity contribution in [3.8, 4) is 11.9 Å². The Morgan fingerprint density at radius 1 is 1.15 bits per heavy atom. The van der Waals surface area contributed by atoms with Crippen molar-refractivity contribution in [2.45, 2.75) is 45.0 Å². The first kappa shape index (κ1) is 26.2. The number of benzene rings is 2. The zero-order chi connectivity index (χ0) is 27.5. The van der Waals surface area contributed by atoms with Crippen LogP contribution in [0.25, 0.3) is 11.0 Å². The summed E-state index contributed by atoms with van der Waals surface area (Å²) < 4.78 is 29.7. The third-order valence-electron chi connectivity index (χ3n) is 7.89. The lowest BCUT2D eigenvalue weighted by molar-refractivity contribution is 0.112. The van der Waals surface area contributed by atoms with E-state index >= 15 is 0 Å². The monoisotopic (exact) mass is 542 g/mol. The van der Waals surface area contributed by atoms with Crippen molar-refractivity contribution < 1.29 is 18.7 Å². The van der Waals surface area contributed by atoms with Crippen LogP contribution in [-0.2, 0) is 24.4 Å². The molecule has 0 spiro atoms. The lowest BCUT2D eigenvalue weighted by atomic mass is 10.1. The molecule has 9 nitrogen and oxygen atoms in total. The minimum atomic E-state index is -0.458. The molecule has 206 valence electrons. The molecule has 2 fully saturated rings. The number of carbonyl (C=O) groups is 1. The maximum atomic E-state index is 14.2. The van der Waals surface area contributed by atoms with E-state index in [1.807, 2.05) is 35.1 Å². The van der Waals surface area contributed by atoms with Crippen molar-refractivity contribution in [3.63, 3.8) is 0 Å². The Morgan fingerprint density at radius 3 is 2.77 bits per heavy atom. The highest BCUT2D eigenvalue weighted by molar-refractivity contribution is 5.85. The molecule has 0 unspecified atom stereocenters. The lowest BCUT2D eigenvalue weighted by Gasteiger charge is -2.32. The van der Waals surface area contributed by atoms with Gasteiger partial charge in [0, 0.05) is 55.5 Å². The first-order valence-corrected chi connectivity index (χ1v) is 13.7. The number of rotatable bonds is 9. The molecule has 40 heavy (non-hydrogen) atoms. The summed E-state index contributed by atoms with van der Waals surface area (Å²) in [7, 11) is 0. The number of nitriles is 1. The maximum Gasteiger partial charge on any atom is 0.233 e. The number of ether oxygens (including phenoxy) is 2. The summed E-state index contributed by atoms with van der Waals surface area (Å²) in [5, 5.41) is 13.5. The van der Waals surface area contributed by atoms with Gasteiger partial charge in [0.2, 0.25) is 5.88 Å². The maximum absolute atomic E-state index is 14.2. The Hall–Kier alpha value is -4.07. The summed E-state index contributed by atoms with van der Waals surface area (Å²) in [5.74, 6) is 1.46. The van der Waals surface area contributed by atoms with E-state index in [9.17, 15) is 9.18 Å². The van der Waals surface area contributed by atoms with Gasteiger partial charge < -0.3 is 14.0 Å². The number of nitrogens with zero attached hydrogens (tertiary/aromatic N) is 6. The number of aromatic nitrogens is 4. The Morgan fingerprint density at radius 2 is 2.02 bits per heavy atom. The first-order chi connectivity index (χ1) is 19.6. The van der Waals surface area contributed by atoms with Crippen LogP contribution in [0.1, 0.15) is 52.6 Å². The van der Waals surface area contributed by atoms with Gasteiger partial charge in [-0.15, -0.1) is 5.10 Å². The van der Waals surface area contributed by atoms with Gasteiger partial charge in [0.1, 0.15) is 24.5 Å². The number of aldehydes is 1. The third-order valence-corrected chi connectivity index (χ3v) is 7.89. The molecule has 1 atom stereocenters. The van der Waals surface area contributed by atoms with E-state index in [0.29, 0.717) is 22.9 Å². The summed E-state index contributed by atoms with van der Waals surface area (Å²) in [4.78, 5) is 18.8. The van der Waals surface area contributed by atoms with Crippen molar-refractivity contribution >= 4 is 17.3 Å². The molecule has 0 amide bonds. The van der Waals surface area contributed by atoms with Crippen molar-refractivity contribution in [2.75, 3.05) is 26.3 Å². The predicted molar refractivity (Wildman–Crippen MR) is 145 cm³/mol. The minimum Gasteiger partial charge on any atom is -0.472 e. The van der Waals surface area contributed by atoms with Crippen molar-refractivity contribution in [1.29, 1.82) is 5.26 Å². The van der Waals surface area contributed by atoms with Crippen LogP contribution in [0.2, 0.25) is 0 Å². The summed E-state index contributed by atoms with van der Waals surface area (Å²) in [5.41, 5.74) is 3.25. The molecule has 0 saturated carbocycles. The predicted octanol–water partition coefficient (Wildman–Crippen LogP) is 4.51. The number of likely N-dealkylation sites (tertiary alicyclic amines) is 1. The zero-order valence-corrected chi connectivity index (χ0v) is 22.2. The molecule has 4 aromatic rings. The van der Waals surface area contributed by atoms with E-state index in [1.54, 1.807) is 18.2 Å². The molecular formula is C30H31FN6O3. The van der Waals surface area contributed by atoms with E-state index in [2.05, 4.69) is 14.6 Å². The van der Waals surface area contributed by atoms with Gasteiger partial charge in [-0.3, -0.25) is 14.4 Å². The van der Waals surface area contributed by atoms with Crippen LogP contribution >= 0.6 is 0 Å². The summed E-state index contributed by atoms with van der Waals surface area (Å²) in [6.07, 6.45) is 5.72. The van der Waals surface area contributed by atoms with Crippen molar-refractivity contribution in [1.82, 2.24) is 24.2 Å². The van der Waals surface area contributed by atoms with Gasteiger partial charge in [0.05, 0.1) is 41.9 Å². The van der Waals surface area contributed by atoms with E-state index in [-0.39, 0.29) is 18.2 Å². The van der Waals surface area contributed by atoms with Crippen molar-refractivity contribution in [2.24, 2.45) is 5.92 Å². The highest BCUT2D eigenvalue weighted by Crippen LogP contribution is 2.27. The zero-order valence-electron chi connectivity index (χ0n) is 22.2. The highest BCUT2D eigenvalue weighted by Gasteiger charge is 2.25. The van der Waals surface area contributed by atoms with Gasteiger partial charge in [-0.2, -0.15) is 5.26 Å². The average Bonchev–Trinajstić information content (AvgIpc) is 3.74. The highest BCUT2D eigenvalue weighted by atomic mass is 19.1. The number of halogens is 1. The molecule has 6 rings (SSSR count). The number of fused-ring (bicyclic) bond motifs is 1. The molecule has 2 aromatic heterocycles. The van der Waals surface area contributed by atoms with Crippen LogP contribution in [0.4, 0.5) is 4.39 Å². The number of carbonyl (C=O) groups excluding carboxylic acids is 1. The molecule has 2 aliphatic heterocycles. The SMILES string of the molecule is N#Cc1ccc(COc2ccn(C3CCN(Cc4nc5ccc(C=O)cc5n4C[C@H]4CCOC4)CC3)n2)c(F)c1. The molecule has 10 heteroatoms. The van der Waals surface area contributed by atoms with E-state index in [1.165, 1.54) is 6.07 Å². The second kappa shape index (κ2) is 11.6. The van der Waals surface area contributed by atoms with Crippen LogP contribution in [0.5, 0.6) is 5.88 Å². The van der Waals surface area contributed by atoms with Gasteiger partial charge in [0.15, 0.2) is 0 Å². The molecule has 0 aliphatic carbocycles. The quantitative estimate of drug-likeness (QED) is 0.287. The Balaban J connectivity index is 1.08. The fourth-order valence-corrected chi connectivity index (χ4v) is 5.60. The normalized spacial score (nSPS) is 18.2. The summed E-state index contributed by atoms with van der Waals surface area (Å²) >= 11 is 0. The molecule has 2 aliphatic rings. The van der Waals surface area contributed by atoms with Crippen LogP contribution in [0.15, 0.2) is 48.7 Å². The molecule has 0 bridgehead atoms. The fourth-order valence-electron chi connectivity index (χ4n) is 5.60. The van der Waals surface area contributed by atoms with E-state index in [0.717, 1.165) is 81.8 Å². The second-order valence-electron chi connectivity index (χ2n) is 10.6. The summed E-state index contributed by atoms with van der Waals surface area (Å²) in [6, 6.07) is 14.0. The molecule has 2 saturated heterocycles. The van der Waals surface area contributed by atoms with Crippen LogP contribution in [0.3, 0.4) is 0 Å². The Bertz CT molecular complexity index is 1540. The molecule has 0 radical (unpaired) electrons. The fraction of sp³-hybridized carbons (Fsp3) is 0.400. The molecule has 0 N–H and O–H groups in total. The topological polar surface area (TPSA) is 98.2 Å². The van der Waals surface area contributed by atoms with Gasteiger partial charge >= 0.3 is 0 Å². The van der Waals surface area contributed by atoms with Gasteiger partial charge in [0.25, 0.3) is 0 Å². The van der Waals surface area contributed by atoms with Gasteiger partial charge in [-0.25, -0.2) is 9.37 Å². The van der Waals surface area contributed by atoms with Gasteiger partial charge in [-0.05, 0) is 49.6 Å². The van der Waals surface area contributed by atoms with Gasteiger partial charge in [-0.1, -0.05) is 6.07 Å².